The van der Waals surface area contributed by atoms with Crippen molar-refractivity contribution in [2.75, 3.05) is 38.0 Å². The first kappa shape index (κ1) is 22.9. The van der Waals surface area contributed by atoms with Crippen LogP contribution in [0.15, 0.2) is 48.5 Å². The summed E-state index contributed by atoms with van der Waals surface area (Å²) in [7, 11) is 3.04. The molecule has 32 heavy (non-hydrogen) atoms. The Hall–Kier alpha value is -3.73. The van der Waals surface area contributed by atoms with Crippen LogP contribution in [0.5, 0.6) is 17.2 Å². The molecule has 3 N–H and O–H groups in total. The van der Waals surface area contributed by atoms with E-state index in [0.29, 0.717) is 34.3 Å². The highest BCUT2D eigenvalue weighted by molar-refractivity contribution is 5.71. The Morgan fingerprint density at radius 2 is 1.78 bits per heavy atom. The number of aliphatic hydroxyl groups excluding tert-OH is 1. The zero-order valence-electron chi connectivity index (χ0n) is 17.2. The molecule has 3 aromatic rings. The number of anilines is 3. The number of hydrogen-bond donors (Lipinski definition) is 3. The van der Waals surface area contributed by atoms with Crippen molar-refractivity contribution in [3.05, 3.63) is 48.5 Å². The second-order valence-corrected chi connectivity index (χ2v) is 6.38. The van der Waals surface area contributed by atoms with Gasteiger partial charge in [0, 0.05) is 24.2 Å². The zero-order chi connectivity index (χ0) is 23.1. The average molecular weight is 450 g/mol. The predicted molar refractivity (Wildman–Crippen MR) is 113 cm³/mol. The second kappa shape index (κ2) is 10.1. The largest absolute Gasteiger partial charge is 0.573 e. The molecular formula is C21H21F3N4O4. The van der Waals surface area contributed by atoms with Gasteiger partial charge in [0.2, 0.25) is 5.95 Å². The lowest BCUT2D eigenvalue weighted by molar-refractivity contribution is -0.274. The number of aliphatic hydroxyl groups is 1. The van der Waals surface area contributed by atoms with Crippen LogP contribution in [0.3, 0.4) is 0 Å². The molecule has 0 aliphatic heterocycles. The molecule has 0 radical (unpaired) electrons. The van der Waals surface area contributed by atoms with Crippen LogP contribution in [-0.2, 0) is 0 Å². The highest BCUT2D eigenvalue weighted by Crippen LogP contribution is 2.33. The lowest BCUT2D eigenvalue weighted by Gasteiger charge is -2.14. The first-order valence-electron chi connectivity index (χ1n) is 9.40. The van der Waals surface area contributed by atoms with Gasteiger partial charge in [0.1, 0.15) is 23.1 Å². The van der Waals surface area contributed by atoms with Crippen molar-refractivity contribution in [3.8, 4) is 28.5 Å². The van der Waals surface area contributed by atoms with Gasteiger partial charge in [0.15, 0.2) is 0 Å². The zero-order valence-corrected chi connectivity index (χ0v) is 17.2. The molecule has 1 aromatic heterocycles. The van der Waals surface area contributed by atoms with Crippen LogP contribution in [0.4, 0.5) is 30.6 Å². The topological polar surface area (TPSA) is 97.8 Å². The molecule has 0 aliphatic carbocycles. The maximum absolute atomic E-state index is 12.6. The molecule has 0 saturated heterocycles. The van der Waals surface area contributed by atoms with Crippen LogP contribution in [0.25, 0.3) is 11.3 Å². The van der Waals surface area contributed by atoms with Crippen LogP contribution >= 0.6 is 0 Å². The maximum Gasteiger partial charge on any atom is 0.573 e. The summed E-state index contributed by atoms with van der Waals surface area (Å²) in [6.07, 6.45) is -4.81. The van der Waals surface area contributed by atoms with Gasteiger partial charge in [-0.05, 0) is 24.3 Å². The van der Waals surface area contributed by atoms with E-state index in [-0.39, 0.29) is 24.8 Å². The van der Waals surface area contributed by atoms with Crippen molar-refractivity contribution in [1.82, 2.24) is 9.97 Å². The molecule has 0 amide bonds. The van der Waals surface area contributed by atoms with E-state index in [1.54, 1.807) is 30.3 Å². The number of halogens is 3. The molecule has 0 spiro atoms. The van der Waals surface area contributed by atoms with Gasteiger partial charge in [-0.2, -0.15) is 4.98 Å². The van der Waals surface area contributed by atoms with Crippen molar-refractivity contribution in [2.24, 2.45) is 0 Å². The quantitative estimate of drug-likeness (QED) is 0.446. The van der Waals surface area contributed by atoms with Crippen molar-refractivity contribution >= 4 is 17.5 Å². The third kappa shape index (κ3) is 6.14. The molecule has 1 heterocycles. The van der Waals surface area contributed by atoms with Crippen molar-refractivity contribution < 1.29 is 32.5 Å². The number of nitrogens with one attached hydrogen (secondary N) is 2. The molecule has 11 heteroatoms. The van der Waals surface area contributed by atoms with E-state index in [2.05, 4.69) is 25.3 Å². The summed E-state index contributed by atoms with van der Waals surface area (Å²) in [5, 5.41) is 15.1. The lowest BCUT2D eigenvalue weighted by atomic mass is 10.1. The van der Waals surface area contributed by atoms with E-state index in [0.717, 1.165) is 0 Å². The molecule has 3 rings (SSSR count). The third-order valence-corrected chi connectivity index (χ3v) is 4.16. The van der Waals surface area contributed by atoms with Crippen molar-refractivity contribution in [2.45, 2.75) is 6.36 Å². The molecule has 0 atom stereocenters. The molecule has 0 fully saturated rings. The Bertz CT molecular complexity index is 1060. The van der Waals surface area contributed by atoms with E-state index in [9.17, 15) is 13.2 Å². The fourth-order valence-corrected chi connectivity index (χ4v) is 2.80. The Labute approximate surface area is 182 Å². The lowest BCUT2D eigenvalue weighted by Crippen LogP contribution is -2.17. The van der Waals surface area contributed by atoms with E-state index < -0.39 is 6.36 Å². The Balaban J connectivity index is 1.98. The summed E-state index contributed by atoms with van der Waals surface area (Å²) >= 11 is 0. The van der Waals surface area contributed by atoms with Gasteiger partial charge in [-0.3, -0.25) is 0 Å². The fourth-order valence-electron chi connectivity index (χ4n) is 2.80. The Kier molecular flexibility index (Phi) is 7.21. The van der Waals surface area contributed by atoms with E-state index in [1.165, 1.54) is 32.4 Å². The smallest absolute Gasteiger partial charge is 0.497 e. The summed E-state index contributed by atoms with van der Waals surface area (Å²) in [6.45, 7) is 0.0313. The number of hydrogen-bond acceptors (Lipinski definition) is 8. The number of aromatic nitrogens is 2. The summed E-state index contributed by atoms with van der Waals surface area (Å²) < 4.78 is 52.4. The van der Waals surface area contributed by atoms with Crippen LogP contribution in [0, 0.1) is 0 Å². The SMILES string of the molecule is COc1ccc(Nc2cc(-c3cccc(OC(F)(F)F)c3)nc(NCCO)n2)c(OC)c1. The van der Waals surface area contributed by atoms with Gasteiger partial charge in [0.25, 0.3) is 0 Å². The maximum atomic E-state index is 12.6. The van der Waals surface area contributed by atoms with Crippen LogP contribution < -0.4 is 24.8 Å². The number of rotatable bonds is 9. The fraction of sp³-hybridized carbons (Fsp3) is 0.238. The molecule has 0 unspecified atom stereocenters. The normalized spacial score (nSPS) is 11.1. The van der Waals surface area contributed by atoms with Gasteiger partial charge in [-0.1, -0.05) is 12.1 Å². The minimum atomic E-state index is -4.81. The molecular weight excluding hydrogens is 429 g/mol. The summed E-state index contributed by atoms with van der Waals surface area (Å²) in [5.41, 5.74) is 1.30. The minimum Gasteiger partial charge on any atom is -0.497 e. The predicted octanol–water partition coefficient (Wildman–Crippen LogP) is 4.21. The Morgan fingerprint density at radius 3 is 2.47 bits per heavy atom. The van der Waals surface area contributed by atoms with Crippen molar-refractivity contribution in [3.63, 3.8) is 0 Å². The second-order valence-electron chi connectivity index (χ2n) is 6.38. The Morgan fingerprint density at radius 1 is 0.969 bits per heavy atom. The van der Waals surface area contributed by atoms with Gasteiger partial charge in [0.05, 0.1) is 32.2 Å². The van der Waals surface area contributed by atoms with Crippen molar-refractivity contribution in [1.29, 1.82) is 0 Å². The number of nitrogens with zero attached hydrogens (tertiary/aromatic N) is 2. The molecule has 0 aliphatic rings. The van der Waals surface area contributed by atoms with Gasteiger partial charge in [-0.25, -0.2) is 4.98 Å². The number of ether oxygens (including phenoxy) is 3. The first-order valence-corrected chi connectivity index (χ1v) is 9.40. The number of benzene rings is 2. The summed E-state index contributed by atoms with van der Waals surface area (Å²) in [6, 6.07) is 12.2. The standard InChI is InChI=1S/C21H21F3N4O4/c1-30-14-6-7-16(18(11-14)31-2)26-19-12-17(27-20(28-19)25-8-9-29)13-4-3-5-15(10-13)32-21(22,23)24/h3-7,10-12,29H,8-9H2,1-2H3,(H2,25,26,27,28). The molecule has 170 valence electrons. The van der Waals surface area contributed by atoms with Crippen LogP contribution in [-0.4, -0.2) is 48.8 Å². The summed E-state index contributed by atoms with van der Waals surface area (Å²) in [5.74, 6) is 1.25. The van der Waals surface area contributed by atoms with E-state index in [4.69, 9.17) is 14.6 Å². The molecule has 2 aromatic carbocycles. The van der Waals surface area contributed by atoms with E-state index in [1.807, 2.05) is 0 Å². The highest BCUT2D eigenvalue weighted by Gasteiger charge is 2.31. The first-order chi connectivity index (χ1) is 15.3. The number of methoxy groups -OCH3 is 2. The van der Waals surface area contributed by atoms with E-state index >= 15 is 0 Å². The third-order valence-electron chi connectivity index (χ3n) is 4.16. The number of alkyl halides is 3. The highest BCUT2D eigenvalue weighted by atomic mass is 19.4. The van der Waals surface area contributed by atoms with Crippen LogP contribution in [0.2, 0.25) is 0 Å². The average Bonchev–Trinajstić information content (AvgIpc) is 2.77. The monoisotopic (exact) mass is 450 g/mol. The minimum absolute atomic E-state index is 0.155. The van der Waals surface area contributed by atoms with Gasteiger partial charge in [-0.15, -0.1) is 13.2 Å². The molecule has 8 nitrogen and oxygen atoms in total. The summed E-state index contributed by atoms with van der Waals surface area (Å²) in [4.78, 5) is 8.68. The molecule has 0 saturated carbocycles. The van der Waals surface area contributed by atoms with Gasteiger partial charge >= 0.3 is 6.36 Å². The molecule has 0 bridgehead atoms. The van der Waals surface area contributed by atoms with Gasteiger partial charge < -0.3 is 30.0 Å². The van der Waals surface area contributed by atoms with Crippen LogP contribution in [0.1, 0.15) is 0 Å².